The predicted octanol–water partition coefficient (Wildman–Crippen LogP) is 6.34. The van der Waals surface area contributed by atoms with Crippen molar-refractivity contribution in [3.05, 3.63) is 120 Å². The van der Waals surface area contributed by atoms with Crippen LogP contribution in [0.2, 0.25) is 0 Å². The van der Waals surface area contributed by atoms with E-state index in [9.17, 15) is 4.79 Å². The second-order valence-electron chi connectivity index (χ2n) is 8.09. The molecule has 1 amide bonds. The third kappa shape index (κ3) is 4.99. The molecular weight excluding hydrogens is 436 g/mol. The van der Waals surface area contributed by atoms with Gasteiger partial charge in [-0.1, -0.05) is 66.7 Å². The van der Waals surface area contributed by atoms with Crippen molar-refractivity contribution in [1.82, 2.24) is 5.43 Å². The van der Waals surface area contributed by atoms with Crippen LogP contribution >= 0.6 is 0 Å². The molecule has 1 N–H and O–H groups in total. The summed E-state index contributed by atoms with van der Waals surface area (Å²) in [5, 5.41) is 8.47. The first kappa shape index (κ1) is 22.2. The first-order chi connectivity index (χ1) is 17.2. The van der Waals surface area contributed by atoms with Crippen molar-refractivity contribution in [3.8, 4) is 11.5 Å². The maximum atomic E-state index is 12.7. The van der Waals surface area contributed by atoms with Gasteiger partial charge in [0, 0.05) is 0 Å². The number of hydrogen-bond acceptors (Lipinski definition) is 4. The Bertz CT molecular complexity index is 1520. The average molecular weight is 461 g/mol. The largest absolute Gasteiger partial charge is 0.496 e. The van der Waals surface area contributed by atoms with E-state index in [1.165, 1.54) is 10.8 Å². The second kappa shape index (κ2) is 10.1. The molecule has 5 nitrogen and oxygen atoms in total. The average Bonchev–Trinajstić information content (AvgIpc) is 2.91. The van der Waals surface area contributed by atoms with Gasteiger partial charge in [0.25, 0.3) is 5.91 Å². The van der Waals surface area contributed by atoms with Crippen LogP contribution in [0.3, 0.4) is 0 Å². The van der Waals surface area contributed by atoms with Crippen molar-refractivity contribution in [2.24, 2.45) is 5.10 Å². The molecule has 5 rings (SSSR count). The maximum absolute atomic E-state index is 12.7. The lowest BCUT2D eigenvalue weighted by molar-refractivity contribution is 0.0952. The predicted molar refractivity (Wildman–Crippen MR) is 140 cm³/mol. The van der Waals surface area contributed by atoms with Gasteiger partial charge in [0.2, 0.25) is 0 Å². The molecule has 0 aliphatic rings. The Kier molecular flexibility index (Phi) is 6.39. The number of rotatable bonds is 7. The molecule has 0 spiro atoms. The zero-order valence-electron chi connectivity index (χ0n) is 19.3. The lowest BCUT2D eigenvalue weighted by atomic mass is 10.1. The van der Waals surface area contributed by atoms with Crippen LogP contribution in [0.4, 0.5) is 0 Å². The summed E-state index contributed by atoms with van der Waals surface area (Å²) in [5.41, 5.74) is 5.00. The van der Waals surface area contributed by atoms with E-state index in [1.54, 1.807) is 19.4 Å². The summed E-state index contributed by atoms with van der Waals surface area (Å²) >= 11 is 0. The summed E-state index contributed by atoms with van der Waals surface area (Å²) < 4.78 is 11.4. The van der Waals surface area contributed by atoms with Crippen LogP contribution in [0, 0.1) is 0 Å². The molecule has 0 aliphatic heterocycles. The fourth-order valence-corrected chi connectivity index (χ4v) is 4.02. The van der Waals surface area contributed by atoms with Crippen LogP contribution in [-0.2, 0) is 6.61 Å². The van der Waals surface area contributed by atoms with E-state index in [4.69, 9.17) is 9.47 Å². The lowest BCUT2D eigenvalue weighted by Crippen LogP contribution is -2.18. The van der Waals surface area contributed by atoms with Crippen LogP contribution in [0.1, 0.15) is 21.5 Å². The van der Waals surface area contributed by atoms with E-state index in [0.29, 0.717) is 17.9 Å². The number of ether oxygens (including phenoxy) is 2. The highest BCUT2D eigenvalue weighted by Gasteiger charge is 2.13. The number of hydrogen-bond donors (Lipinski definition) is 1. The Labute approximate surface area is 203 Å². The quantitative estimate of drug-likeness (QED) is 0.228. The molecule has 0 heterocycles. The van der Waals surface area contributed by atoms with Gasteiger partial charge in [-0.2, -0.15) is 5.10 Å². The highest BCUT2D eigenvalue weighted by Crippen LogP contribution is 2.26. The third-order valence-corrected chi connectivity index (χ3v) is 5.85. The molecule has 0 bridgehead atoms. The number of fused-ring (bicyclic) bond motifs is 2. The number of benzene rings is 5. The molecule has 0 saturated carbocycles. The number of carbonyl (C=O) groups is 1. The summed E-state index contributed by atoms with van der Waals surface area (Å²) in [4.78, 5) is 12.7. The maximum Gasteiger partial charge on any atom is 0.275 e. The first-order valence-corrected chi connectivity index (χ1v) is 11.3. The van der Waals surface area contributed by atoms with Gasteiger partial charge in [-0.25, -0.2) is 5.43 Å². The molecular formula is C30H24N2O3. The lowest BCUT2D eigenvalue weighted by Gasteiger charge is -2.09. The molecule has 172 valence electrons. The van der Waals surface area contributed by atoms with Crippen LogP contribution in [0.25, 0.3) is 21.5 Å². The number of hydrazone groups is 1. The Morgan fingerprint density at radius 3 is 2.29 bits per heavy atom. The van der Waals surface area contributed by atoms with E-state index < -0.39 is 0 Å². The van der Waals surface area contributed by atoms with E-state index in [2.05, 4.69) is 34.8 Å². The SMILES string of the molecule is COc1cc2ccccc2cc1C(=O)N/N=C\c1ccc(OCc2cccc3ccccc23)cc1. The monoisotopic (exact) mass is 460 g/mol. The third-order valence-electron chi connectivity index (χ3n) is 5.85. The molecule has 35 heavy (non-hydrogen) atoms. The van der Waals surface area contributed by atoms with Crippen LogP contribution < -0.4 is 14.9 Å². The van der Waals surface area contributed by atoms with Crippen LogP contribution in [-0.4, -0.2) is 19.2 Å². The van der Waals surface area contributed by atoms with Gasteiger partial charge in [0.1, 0.15) is 18.1 Å². The van der Waals surface area contributed by atoms with Crippen molar-refractivity contribution in [2.45, 2.75) is 6.61 Å². The van der Waals surface area contributed by atoms with E-state index in [-0.39, 0.29) is 5.91 Å². The molecule has 0 radical (unpaired) electrons. The van der Waals surface area contributed by atoms with E-state index in [0.717, 1.165) is 27.6 Å². The van der Waals surface area contributed by atoms with Crippen molar-refractivity contribution in [3.63, 3.8) is 0 Å². The summed E-state index contributed by atoms with van der Waals surface area (Å²) in [5.74, 6) is 0.933. The highest BCUT2D eigenvalue weighted by molar-refractivity contribution is 6.02. The van der Waals surface area contributed by atoms with Crippen molar-refractivity contribution < 1.29 is 14.3 Å². The van der Waals surface area contributed by atoms with Crippen LogP contribution in [0.15, 0.2) is 108 Å². The topological polar surface area (TPSA) is 59.9 Å². The fourth-order valence-electron chi connectivity index (χ4n) is 4.02. The fraction of sp³-hybridized carbons (Fsp3) is 0.0667. The van der Waals surface area contributed by atoms with E-state index >= 15 is 0 Å². The molecule has 0 unspecified atom stereocenters. The smallest absolute Gasteiger partial charge is 0.275 e. The number of carbonyl (C=O) groups excluding carboxylic acids is 1. The Morgan fingerprint density at radius 1 is 0.829 bits per heavy atom. The molecule has 0 aromatic heterocycles. The van der Waals surface area contributed by atoms with Gasteiger partial charge in [-0.15, -0.1) is 0 Å². The Morgan fingerprint density at radius 2 is 1.51 bits per heavy atom. The van der Waals surface area contributed by atoms with Gasteiger partial charge in [-0.3, -0.25) is 4.79 Å². The highest BCUT2D eigenvalue weighted by atomic mass is 16.5. The van der Waals surface area contributed by atoms with Crippen molar-refractivity contribution >= 4 is 33.7 Å². The summed E-state index contributed by atoms with van der Waals surface area (Å²) in [6.07, 6.45) is 1.60. The van der Waals surface area contributed by atoms with Gasteiger partial charge in [0.05, 0.1) is 18.9 Å². The minimum Gasteiger partial charge on any atom is -0.496 e. The van der Waals surface area contributed by atoms with E-state index in [1.807, 2.05) is 72.8 Å². The van der Waals surface area contributed by atoms with Gasteiger partial charge >= 0.3 is 0 Å². The summed E-state index contributed by atoms with van der Waals surface area (Å²) in [6.45, 7) is 0.485. The molecule has 0 aliphatic carbocycles. The van der Waals surface area contributed by atoms with Gasteiger partial charge in [0.15, 0.2) is 0 Å². The molecule has 5 aromatic carbocycles. The molecule has 5 aromatic rings. The van der Waals surface area contributed by atoms with Crippen molar-refractivity contribution in [2.75, 3.05) is 7.11 Å². The first-order valence-electron chi connectivity index (χ1n) is 11.3. The number of nitrogens with one attached hydrogen (secondary N) is 1. The number of methoxy groups -OCH3 is 1. The molecule has 0 saturated heterocycles. The van der Waals surface area contributed by atoms with Crippen LogP contribution in [0.5, 0.6) is 11.5 Å². The van der Waals surface area contributed by atoms with Gasteiger partial charge in [-0.05, 0) is 69.1 Å². The number of amides is 1. The molecule has 0 fully saturated rings. The van der Waals surface area contributed by atoms with Gasteiger partial charge < -0.3 is 9.47 Å². The normalized spacial score (nSPS) is 11.1. The zero-order chi connectivity index (χ0) is 24.0. The Balaban J connectivity index is 1.22. The zero-order valence-corrected chi connectivity index (χ0v) is 19.3. The number of nitrogens with zero attached hydrogens (tertiary/aromatic N) is 1. The minimum atomic E-state index is -0.334. The second-order valence-corrected chi connectivity index (χ2v) is 8.09. The summed E-state index contributed by atoms with van der Waals surface area (Å²) in [7, 11) is 1.55. The Hall–Kier alpha value is -4.64. The molecule has 5 heteroatoms. The summed E-state index contributed by atoms with van der Waals surface area (Å²) in [6, 6.07) is 33.5. The van der Waals surface area contributed by atoms with Crippen molar-refractivity contribution in [1.29, 1.82) is 0 Å². The minimum absolute atomic E-state index is 0.334. The standard InChI is InChI=1S/C30H24N2O3/c1-34-29-18-24-9-3-2-8-23(24)17-28(29)30(33)32-31-19-21-13-15-26(16-14-21)35-20-25-11-6-10-22-7-4-5-12-27(22)25/h2-19H,20H2,1H3,(H,32,33)/b31-19-. The molecule has 0 atom stereocenters.